The molecule has 0 amide bonds. The summed E-state index contributed by atoms with van der Waals surface area (Å²) in [7, 11) is 1.60. The molecule has 2 aliphatic rings. The average molecular weight is 298 g/mol. The summed E-state index contributed by atoms with van der Waals surface area (Å²) in [5.74, 6) is 0. The maximum atomic E-state index is 12.6. The number of aliphatic imine (C=N–C) groups is 1. The first kappa shape index (κ1) is 14.6. The van der Waals surface area contributed by atoms with E-state index in [9.17, 15) is 23.4 Å². The fourth-order valence-corrected chi connectivity index (χ4v) is 2.99. The molecule has 2 heterocycles. The number of nitrogens with zero attached hydrogens (tertiary/aromatic N) is 1. The molecule has 0 aliphatic carbocycles. The van der Waals surface area contributed by atoms with Gasteiger partial charge in [0, 0.05) is 7.05 Å². The summed E-state index contributed by atoms with van der Waals surface area (Å²) in [4.78, 5) is 4.04. The zero-order valence-electron chi connectivity index (χ0n) is 9.89. The van der Waals surface area contributed by atoms with Gasteiger partial charge < -0.3 is 20.3 Å². The molecule has 108 valence electrons. The number of nitrogens with one attached hydrogen (secondary N) is 1. The van der Waals surface area contributed by atoms with E-state index < -0.39 is 41.5 Å². The fourth-order valence-electron chi connectivity index (χ4n) is 1.93. The predicted molar refractivity (Wildman–Crippen MR) is 63.7 cm³/mol. The normalized spacial score (nSPS) is 38.6. The van der Waals surface area contributed by atoms with Crippen LogP contribution in [0.5, 0.6) is 0 Å². The molecule has 19 heavy (non-hydrogen) atoms. The highest BCUT2D eigenvalue weighted by molar-refractivity contribution is 8.14. The minimum atomic E-state index is -4.69. The number of halogens is 3. The Morgan fingerprint density at radius 2 is 2.05 bits per heavy atom. The minimum absolute atomic E-state index is 0.444. The number of hydrogen-bond acceptors (Lipinski definition) is 6. The topological polar surface area (TPSA) is 74.1 Å². The molecule has 3 N–H and O–H groups in total. The van der Waals surface area contributed by atoms with E-state index in [1.165, 1.54) is 0 Å². The van der Waals surface area contributed by atoms with Gasteiger partial charge >= 0.3 is 6.18 Å². The lowest BCUT2D eigenvalue weighted by atomic mass is 9.94. The van der Waals surface area contributed by atoms with Crippen molar-refractivity contribution >= 4 is 16.9 Å². The molecule has 0 saturated carbocycles. The molecule has 0 spiro atoms. The van der Waals surface area contributed by atoms with Gasteiger partial charge in [-0.05, 0) is 0 Å². The van der Waals surface area contributed by atoms with Crippen molar-refractivity contribution < 1.29 is 28.1 Å². The van der Waals surface area contributed by atoms with E-state index in [1.54, 1.807) is 7.05 Å². The number of thioether (sulfide) groups is 1. The molecule has 0 unspecified atom stereocenters. The largest absolute Gasteiger partial charge is 0.414 e. The first-order valence-corrected chi connectivity index (χ1v) is 6.33. The van der Waals surface area contributed by atoms with E-state index in [4.69, 9.17) is 4.74 Å². The lowest BCUT2D eigenvalue weighted by molar-refractivity contribution is -0.170. The second-order valence-corrected chi connectivity index (χ2v) is 5.31. The third-order valence-corrected chi connectivity index (χ3v) is 4.14. The Morgan fingerprint density at radius 3 is 2.58 bits per heavy atom. The SMILES string of the molecule is C=C([C@H]1O[C@H]2SC(NC)=N[C@H]2[C@@H](O)[C@@H]1O)C(F)(F)F. The van der Waals surface area contributed by atoms with Gasteiger partial charge in [-0.3, -0.25) is 4.99 Å². The molecule has 5 atom stereocenters. The first-order valence-electron chi connectivity index (χ1n) is 5.45. The van der Waals surface area contributed by atoms with E-state index in [-0.39, 0.29) is 0 Å². The molecule has 5 nitrogen and oxygen atoms in total. The van der Waals surface area contributed by atoms with E-state index in [1.807, 2.05) is 0 Å². The van der Waals surface area contributed by atoms with Crippen LogP contribution in [0, 0.1) is 0 Å². The number of aliphatic hydroxyl groups excluding tert-OH is 2. The maximum absolute atomic E-state index is 12.6. The van der Waals surface area contributed by atoms with Gasteiger partial charge in [-0.2, -0.15) is 13.2 Å². The molecular weight excluding hydrogens is 285 g/mol. The van der Waals surface area contributed by atoms with Crippen LogP contribution < -0.4 is 5.32 Å². The van der Waals surface area contributed by atoms with Gasteiger partial charge in [0.15, 0.2) is 5.17 Å². The summed E-state index contributed by atoms with van der Waals surface area (Å²) in [6.45, 7) is 2.90. The van der Waals surface area contributed by atoms with E-state index >= 15 is 0 Å². The Hall–Kier alpha value is -0.770. The summed E-state index contributed by atoms with van der Waals surface area (Å²) in [5.41, 5.74) is -1.99. The van der Waals surface area contributed by atoms with Crippen molar-refractivity contribution in [1.29, 1.82) is 0 Å². The van der Waals surface area contributed by atoms with Crippen LogP contribution in [-0.2, 0) is 4.74 Å². The predicted octanol–water partition coefficient (Wildman–Crippen LogP) is 0.242. The zero-order valence-corrected chi connectivity index (χ0v) is 10.7. The highest BCUT2D eigenvalue weighted by atomic mass is 32.2. The van der Waals surface area contributed by atoms with Gasteiger partial charge in [0.25, 0.3) is 0 Å². The summed E-state index contributed by atoms with van der Waals surface area (Å²) in [6.07, 6.45) is -9.51. The molecule has 9 heteroatoms. The van der Waals surface area contributed by atoms with Crippen molar-refractivity contribution in [3.8, 4) is 0 Å². The number of fused-ring (bicyclic) bond motifs is 1. The van der Waals surface area contributed by atoms with E-state index in [0.717, 1.165) is 11.8 Å². The Morgan fingerprint density at radius 1 is 1.42 bits per heavy atom. The molecular formula is C10H13F3N2O3S. The number of hydrogen-bond donors (Lipinski definition) is 3. The second kappa shape index (κ2) is 4.97. The Labute approximate surface area is 111 Å². The Bertz CT molecular complexity index is 415. The van der Waals surface area contributed by atoms with Crippen molar-refractivity contribution in [1.82, 2.24) is 5.32 Å². The van der Waals surface area contributed by atoms with Gasteiger partial charge in [-0.1, -0.05) is 18.3 Å². The standard InChI is InChI=1S/C10H13F3N2O3S/c1-3(10(11,12)13)7-6(17)5(16)4-8(18-7)19-9(14-2)15-4/h4-8,16-17H,1H2,2H3,(H,14,15)/t4-,5+,6-,7+,8-/m0/s1. The van der Waals surface area contributed by atoms with Crippen molar-refractivity contribution in [2.75, 3.05) is 7.05 Å². The molecule has 2 rings (SSSR count). The van der Waals surface area contributed by atoms with Crippen LogP contribution in [-0.4, -0.2) is 58.4 Å². The summed E-state index contributed by atoms with van der Waals surface area (Å²) < 4.78 is 43.0. The maximum Gasteiger partial charge on any atom is 0.414 e. The van der Waals surface area contributed by atoms with Gasteiger partial charge in [0.05, 0.1) is 5.57 Å². The number of ether oxygens (including phenoxy) is 1. The highest BCUT2D eigenvalue weighted by Crippen LogP contribution is 2.40. The van der Waals surface area contributed by atoms with Crippen LogP contribution in [0.15, 0.2) is 17.1 Å². The number of amidine groups is 1. The van der Waals surface area contributed by atoms with Crippen LogP contribution >= 0.6 is 11.8 Å². The van der Waals surface area contributed by atoms with Gasteiger partial charge in [-0.25, -0.2) is 0 Å². The van der Waals surface area contributed by atoms with Crippen LogP contribution in [0.3, 0.4) is 0 Å². The second-order valence-electron chi connectivity index (χ2n) is 4.22. The van der Waals surface area contributed by atoms with Crippen LogP contribution in [0.1, 0.15) is 0 Å². The van der Waals surface area contributed by atoms with Crippen molar-refractivity contribution in [3.63, 3.8) is 0 Å². The molecule has 1 fully saturated rings. The van der Waals surface area contributed by atoms with Gasteiger partial charge in [-0.15, -0.1) is 0 Å². The summed E-state index contributed by atoms with van der Waals surface area (Å²) >= 11 is 1.07. The highest BCUT2D eigenvalue weighted by Gasteiger charge is 2.52. The molecule has 0 aromatic heterocycles. The lowest BCUT2D eigenvalue weighted by Gasteiger charge is -2.39. The number of rotatable bonds is 1. The molecule has 0 bridgehead atoms. The monoisotopic (exact) mass is 298 g/mol. The first-order chi connectivity index (χ1) is 8.75. The van der Waals surface area contributed by atoms with Gasteiger partial charge in [0.2, 0.25) is 0 Å². The number of aliphatic hydroxyl groups is 2. The van der Waals surface area contributed by atoms with Crippen LogP contribution in [0.2, 0.25) is 0 Å². The number of alkyl halides is 3. The Kier molecular flexibility index (Phi) is 3.83. The van der Waals surface area contributed by atoms with Crippen molar-refractivity contribution in [2.45, 2.75) is 36.0 Å². The molecule has 2 aliphatic heterocycles. The van der Waals surface area contributed by atoms with Gasteiger partial charge in [0.1, 0.15) is 29.8 Å². The molecule has 0 aromatic rings. The summed E-state index contributed by atoms with van der Waals surface area (Å²) in [5, 5.41) is 22.8. The van der Waals surface area contributed by atoms with E-state index in [2.05, 4.69) is 16.9 Å². The van der Waals surface area contributed by atoms with Crippen molar-refractivity contribution in [3.05, 3.63) is 12.2 Å². The fraction of sp³-hybridized carbons (Fsp3) is 0.700. The smallest absolute Gasteiger partial charge is 0.388 e. The summed E-state index contributed by atoms with van der Waals surface area (Å²) in [6, 6.07) is -0.792. The third-order valence-electron chi connectivity index (χ3n) is 2.99. The lowest BCUT2D eigenvalue weighted by Crippen LogP contribution is -2.56. The molecule has 0 radical (unpaired) electrons. The van der Waals surface area contributed by atoms with E-state index in [0.29, 0.717) is 5.17 Å². The minimum Gasteiger partial charge on any atom is -0.388 e. The molecule has 0 aromatic carbocycles. The molecule has 1 saturated heterocycles. The third kappa shape index (κ3) is 2.60. The van der Waals surface area contributed by atoms with Crippen molar-refractivity contribution in [2.24, 2.45) is 4.99 Å². The quantitative estimate of drug-likeness (QED) is 0.605. The Balaban J connectivity index is 2.18. The van der Waals surface area contributed by atoms with Crippen LogP contribution in [0.4, 0.5) is 13.2 Å². The average Bonchev–Trinajstić information content (AvgIpc) is 2.75. The zero-order chi connectivity index (χ0) is 14.4. The van der Waals surface area contributed by atoms with Crippen LogP contribution in [0.25, 0.3) is 0 Å².